The first-order chi connectivity index (χ1) is 23.5. The normalized spacial score (nSPS) is 11.7. The summed E-state index contributed by atoms with van der Waals surface area (Å²) in [6, 6.07) is 48.0. The first-order valence-corrected chi connectivity index (χ1v) is 22.8. The van der Waals surface area contributed by atoms with Crippen molar-refractivity contribution >= 4 is 56.3 Å². The van der Waals surface area contributed by atoms with Crippen LogP contribution in [0, 0.1) is 11.6 Å². The van der Waals surface area contributed by atoms with Gasteiger partial charge in [-0.1, -0.05) is 204 Å². The van der Waals surface area contributed by atoms with Gasteiger partial charge in [0.15, 0.2) is 0 Å². The molecule has 0 bridgehead atoms. The Morgan fingerprint density at radius 2 is 0.771 bits per heavy atom. The largest absolute Gasteiger partial charge is 0.308 e. The molecule has 0 saturated heterocycles. The molecule has 1 nitrogen and oxygen atoms in total. The molecule has 0 N–H and O–H groups in total. The molecular formula is C42H49F2NP2Si. The van der Waals surface area contributed by atoms with E-state index in [-0.39, 0.29) is 5.69 Å². The Kier molecular flexibility index (Phi) is 13.6. The lowest BCUT2D eigenvalue weighted by Gasteiger charge is -2.41. The van der Waals surface area contributed by atoms with Crippen molar-refractivity contribution in [3.63, 3.8) is 0 Å². The molecule has 0 aromatic heterocycles. The smallest absolute Gasteiger partial charge is 0.149 e. The van der Waals surface area contributed by atoms with Gasteiger partial charge in [0.1, 0.15) is 17.3 Å². The summed E-state index contributed by atoms with van der Waals surface area (Å²) in [6.07, 6.45) is 6.62. The molecule has 0 unspecified atom stereocenters. The number of hydrogen-bond donors (Lipinski definition) is 0. The number of benzene rings is 5. The minimum absolute atomic E-state index is 0.0840. The van der Waals surface area contributed by atoms with Crippen molar-refractivity contribution in [2.45, 2.75) is 77.4 Å². The second-order valence-electron chi connectivity index (χ2n) is 12.6. The van der Waals surface area contributed by atoms with Gasteiger partial charge < -0.3 is 4.44 Å². The quantitative estimate of drug-likeness (QED) is 0.0691. The zero-order valence-corrected chi connectivity index (χ0v) is 31.5. The van der Waals surface area contributed by atoms with Crippen molar-refractivity contribution in [3.05, 3.63) is 145 Å². The summed E-state index contributed by atoms with van der Waals surface area (Å²) in [5.41, 5.74) is 0.0840. The maximum atomic E-state index is 17.4. The van der Waals surface area contributed by atoms with Gasteiger partial charge in [-0.2, -0.15) is 0 Å². The van der Waals surface area contributed by atoms with E-state index in [1.807, 2.05) is 72.8 Å². The summed E-state index contributed by atoms with van der Waals surface area (Å²) in [5.74, 6) is -0.879. The molecule has 0 aliphatic carbocycles. The lowest BCUT2D eigenvalue weighted by atomic mass is 10.3. The standard InChI is InChI=1S/C42H49F2NP2Si/c1-4-7-30-48(31-8-5-2,32-9-6-3)39-33-40(43)42(41(44)34-39)45(46(35-22-14-10-15-23-35)36-24-16-11-17-25-36)47(37-26-18-12-19-27-37)38-28-20-13-21-29-38/h10-29,33-34H,4-9,30-32H2,1-3H3. The minimum Gasteiger partial charge on any atom is -0.308 e. The van der Waals surface area contributed by atoms with E-state index < -0.39 is 35.9 Å². The van der Waals surface area contributed by atoms with E-state index in [1.54, 1.807) is 12.1 Å². The van der Waals surface area contributed by atoms with Gasteiger partial charge in [-0.15, -0.1) is 0 Å². The average Bonchev–Trinajstić information content (AvgIpc) is 3.13. The third-order valence-electron chi connectivity index (χ3n) is 9.24. The van der Waals surface area contributed by atoms with Gasteiger partial charge in [0.2, 0.25) is 0 Å². The fourth-order valence-electron chi connectivity index (χ4n) is 6.72. The summed E-state index contributed by atoms with van der Waals surface area (Å²) in [5, 5.41) is 5.18. The molecule has 5 aromatic rings. The number of anilines is 1. The van der Waals surface area contributed by atoms with Crippen molar-refractivity contribution < 1.29 is 8.78 Å². The number of rotatable bonds is 17. The summed E-state index contributed by atoms with van der Waals surface area (Å²) in [6.45, 7) is 6.68. The van der Waals surface area contributed by atoms with E-state index >= 15 is 8.78 Å². The molecule has 0 atom stereocenters. The van der Waals surface area contributed by atoms with Gasteiger partial charge in [-0.05, 0) is 12.1 Å². The molecular weight excluding hydrogens is 646 g/mol. The van der Waals surface area contributed by atoms with Gasteiger partial charge in [-0.25, -0.2) is 8.78 Å². The van der Waals surface area contributed by atoms with Crippen LogP contribution in [-0.4, -0.2) is 8.07 Å². The van der Waals surface area contributed by atoms with Crippen LogP contribution in [0.5, 0.6) is 0 Å². The molecule has 0 heterocycles. The monoisotopic (exact) mass is 695 g/mol. The summed E-state index contributed by atoms with van der Waals surface area (Å²) >= 11 is 0. The van der Waals surface area contributed by atoms with Crippen LogP contribution in [0.4, 0.5) is 14.5 Å². The summed E-state index contributed by atoms with van der Waals surface area (Å²) in [7, 11) is -4.92. The molecule has 0 amide bonds. The molecule has 5 aromatic carbocycles. The lowest BCUT2D eigenvalue weighted by Crippen LogP contribution is -2.48. The number of unbranched alkanes of at least 4 members (excludes halogenated alkanes) is 3. The Hall–Kier alpha value is -3.16. The van der Waals surface area contributed by atoms with Gasteiger partial charge in [0.25, 0.3) is 0 Å². The Morgan fingerprint density at radius 1 is 0.479 bits per heavy atom. The van der Waals surface area contributed by atoms with Crippen molar-refractivity contribution in [2.75, 3.05) is 4.44 Å². The van der Waals surface area contributed by atoms with E-state index in [9.17, 15) is 0 Å². The third kappa shape index (κ3) is 8.52. The highest BCUT2D eigenvalue weighted by Gasteiger charge is 2.39. The Bertz CT molecular complexity index is 1470. The molecule has 0 fully saturated rings. The van der Waals surface area contributed by atoms with Crippen LogP contribution >= 0.6 is 16.1 Å². The topological polar surface area (TPSA) is 3.24 Å². The second kappa shape index (κ2) is 18.0. The minimum atomic E-state index is -2.15. The molecule has 0 spiro atoms. The van der Waals surface area contributed by atoms with E-state index in [0.717, 1.165) is 83.1 Å². The fourth-order valence-corrected chi connectivity index (χ4v) is 18.3. The molecule has 0 aliphatic rings. The first kappa shape index (κ1) is 36.1. The van der Waals surface area contributed by atoms with Gasteiger partial charge in [0, 0.05) is 21.2 Å². The molecule has 0 radical (unpaired) electrons. The molecule has 0 aliphatic heterocycles. The fraction of sp³-hybridized carbons (Fsp3) is 0.286. The van der Waals surface area contributed by atoms with E-state index in [1.165, 1.54) is 0 Å². The van der Waals surface area contributed by atoms with Gasteiger partial charge in [0.05, 0.1) is 24.2 Å². The number of halogens is 2. The Labute approximate surface area is 291 Å². The third-order valence-corrected chi connectivity index (χ3v) is 20.1. The Balaban J connectivity index is 1.80. The van der Waals surface area contributed by atoms with Crippen LogP contribution in [0.2, 0.25) is 18.1 Å². The second-order valence-corrected chi connectivity index (χ2v) is 21.7. The Morgan fingerprint density at radius 3 is 1.04 bits per heavy atom. The van der Waals surface area contributed by atoms with E-state index in [4.69, 9.17) is 0 Å². The van der Waals surface area contributed by atoms with Crippen molar-refractivity contribution in [1.29, 1.82) is 0 Å². The van der Waals surface area contributed by atoms with Crippen LogP contribution in [0.3, 0.4) is 0 Å². The number of nitrogens with zero attached hydrogens (tertiary/aromatic N) is 1. The van der Waals surface area contributed by atoms with Crippen molar-refractivity contribution in [2.24, 2.45) is 0 Å². The maximum absolute atomic E-state index is 17.4. The molecule has 5 rings (SSSR count). The average molecular weight is 696 g/mol. The van der Waals surface area contributed by atoms with Crippen molar-refractivity contribution in [3.8, 4) is 0 Å². The SMILES string of the molecule is CCCC[Si](CCCC)(CCCC)c1cc(F)c(N(P(c2ccccc2)c2ccccc2)P(c2ccccc2)c2ccccc2)c(F)c1. The molecule has 48 heavy (non-hydrogen) atoms. The van der Waals surface area contributed by atoms with Gasteiger partial charge >= 0.3 is 0 Å². The van der Waals surface area contributed by atoms with Crippen LogP contribution in [0.1, 0.15) is 59.3 Å². The predicted molar refractivity (Wildman–Crippen MR) is 212 cm³/mol. The summed E-state index contributed by atoms with van der Waals surface area (Å²) < 4.78 is 36.9. The first-order valence-electron chi connectivity index (χ1n) is 17.6. The molecule has 6 heteroatoms. The maximum Gasteiger partial charge on any atom is 0.149 e. The summed E-state index contributed by atoms with van der Waals surface area (Å²) in [4.78, 5) is 0. The lowest BCUT2D eigenvalue weighted by molar-refractivity contribution is 0.590. The molecule has 250 valence electrons. The zero-order valence-electron chi connectivity index (χ0n) is 28.7. The van der Waals surface area contributed by atoms with Gasteiger partial charge in [-0.3, -0.25) is 0 Å². The van der Waals surface area contributed by atoms with Crippen LogP contribution < -0.4 is 30.8 Å². The predicted octanol–water partition coefficient (Wildman–Crippen LogP) is 10.9. The van der Waals surface area contributed by atoms with Crippen molar-refractivity contribution in [1.82, 2.24) is 0 Å². The van der Waals surface area contributed by atoms with E-state index in [2.05, 4.69) is 73.7 Å². The molecule has 0 saturated carbocycles. The zero-order chi connectivity index (χ0) is 33.8. The van der Waals surface area contributed by atoms with Crippen LogP contribution in [0.25, 0.3) is 0 Å². The highest BCUT2D eigenvalue weighted by Crippen LogP contribution is 2.58. The van der Waals surface area contributed by atoms with E-state index in [0.29, 0.717) is 0 Å². The number of hydrogen-bond acceptors (Lipinski definition) is 1. The highest BCUT2D eigenvalue weighted by atomic mass is 31.2. The highest BCUT2D eigenvalue weighted by molar-refractivity contribution is 7.90. The van der Waals surface area contributed by atoms with Crippen LogP contribution in [0.15, 0.2) is 133 Å². The van der Waals surface area contributed by atoms with Crippen LogP contribution in [-0.2, 0) is 0 Å².